The Kier molecular flexibility index (Phi) is 10.8. The van der Waals surface area contributed by atoms with Crippen LogP contribution in [0.25, 0.3) is 0 Å². The van der Waals surface area contributed by atoms with Crippen LogP contribution in [-0.4, -0.2) is 51.4 Å². The Morgan fingerprint density at radius 3 is 2.23 bits per heavy atom. The van der Waals surface area contributed by atoms with Crippen molar-refractivity contribution in [2.24, 2.45) is 5.92 Å². The third-order valence-electron chi connectivity index (χ3n) is 6.33. The van der Waals surface area contributed by atoms with Gasteiger partial charge in [0.2, 0.25) is 11.8 Å². The van der Waals surface area contributed by atoms with Crippen LogP contribution < -0.4 is 14.4 Å². The highest BCUT2D eigenvalue weighted by molar-refractivity contribution is 9.10. The number of sulfonamides is 1. The van der Waals surface area contributed by atoms with E-state index in [0.717, 1.165) is 19.9 Å². The van der Waals surface area contributed by atoms with Gasteiger partial charge in [0, 0.05) is 17.6 Å². The van der Waals surface area contributed by atoms with Crippen LogP contribution in [0, 0.1) is 12.8 Å². The number of methoxy groups -OCH3 is 1. The number of rotatable bonds is 12. The van der Waals surface area contributed by atoms with Gasteiger partial charge in [-0.15, -0.1) is 0 Å². The van der Waals surface area contributed by atoms with Crippen LogP contribution in [0.1, 0.15) is 31.9 Å². The minimum Gasteiger partial charge on any atom is -0.495 e. The van der Waals surface area contributed by atoms with Crippen LogP contribution >= 0.6 is 15.9 Å². The van der Waals surface area contributed by atoms with Crippen LogP contribution in [0.5, 0.6) is 5.75 Å². The van der Waals surface area contributed by atoms with Gasteiger partial charge in [-0.05, 0) is 67.3 Å². The van der Waals surface area contributed by atoms with Crippen molar-refractivity contribution in [3.8, 4) is 5.75 Å². The van der Waals surface area contributed by atoms with Crippen molar-refractivity contribution in [3.05, 3.63) is 88.4 Å². The van der Waals surface area contributed by atoms with Crippen LogP contribution in [0.4, 0.5) is 5.69 Å². The van der Waals surface area contributed by atoms with Crippen molar-refractivity contribution in [2.75, 3.05) is 24.5 Å². The summed E-state index contributed by atoms with van der Waals surface area (Å²) in [6.07, 6.45) is 0. The number of halogens is 1. The molecule has 0 unspecified atom stereocenters. The first-order valence-electron chi connectivity index (χ1n) is 13.0. The molecule has 0 aliphatic rings. The third-order valence-corrected chi connectivity index (χ3v) is 8.63. The minimum absolute atomic E-state index is 0.0357. The number of nitrogens with one attached hydrogen (secondary N) is 1. The van der Waals surface area contributed by atoms with E-state index < -0.39 is 28.5 Å². The van der Waals surface area contributed by atoms with Gasteiger partial charge in [-0.2, -0.15) is 0 Å². The quantitative estimate of drug-likeness (QED) is 0.299. The van der Waals surface area contributed by atoms with E-state index in [-0.39, 0.29) is 29.0 Å². The minimum atomic E-state index is -4.18. The summed E-state index contributed by atoms with van der Waals surface area (Å²) in [5.41, 5.74) is 1.83. The van der Waals surface area contributed by atoms with E-state index in [1.54, 1.807) is 43.3 Å². The fraction of sp³-hybridized carbons (Fsp3) is 0.333. The number of aryl methyl sites for hydroxylation is 1. The van der Waals surface area contributed by atoms with Gasteiger partial charge >= 0.3 is 0 Å². The van der Waals surface area contributed by atoms with Crippen LogP contribution in [0.3, 0.4) is 0 Å². The maximum atomic E-state index is 14.0. The second-order valence-electron chi connectivity index (χ2n) is 9.96. The van der Waals surface area contributed by atoms with E-state index in [4.69, 9.17) is 4.74 Å². The molecule has 0 radical (unpaired) electrons. The molecule has 1 atom stereocenters. The number of benzene rings is 3. The predicted octanol–water partition coefficient (Wildman–Crippen LogP) is 5.15. The molecule has 3 rings (SSSR count). The summed E-state index contributed by atoms with van der Waals surface area (Å²) in [7, 11) is -2.73. The molecule has 0 fully saturated rings. The van der Waals surface area contributed by atoms with E-state index in [0.29, 0.717) is 12.3 Å². The first kappa shape index (κ1) is 31.2. The van der Waals surface area contributed by atoms with Gasteiger partial charge in [-0.25, -0.2) is 8.42 Å². The number of hydrogen-bond donors (Lipinski definition) is 1. The average Bonchev–Trinajstić information content (AvgIpc) is 2.94. The van der Waals surface area contributed by atoms with E-state index in [1.807, 2.05) is 45.0 Å². The normalized spacial score (nSPS) is 12.1. The van der Waals surface area contributed by atoms with Gasteiger partial charge in [-0.3, -0.25) is 13.9 Å². The first-order chi connectivity index (χ1) is 18.9. The summed E-state index contributed by atoms with van der Waals surface area (Å²) in [4.78, 5) is 28.6. The molecule has 0 saturated carbocycles. The van der Waals surface area contributed by atoms with Gasteiger partial charge in [0.05, 0.1) is 17.7 Å². The van der Waals surface area contributed by atoms with Gasteiger partial charge < -0.3 is 15.0 Å². The number of nitrogens with zero attached hydrogens (tertiary/aromatic N) is 2. The lowest BCUT2D eigenvalue weighted by atomic mass is 10.1. The Labute approximate surface area is 245 Å². The molecule has 3 aromatic carbocycles. The number of amides is 2. The maximum Gasteiger partial charge on any atom is 0.264 e. The second-order valence-corrected chi connectivity index (χ2v) is 12.7. The van der Waals surface area contributed by atoms with Gasteiger partial charge in [0.25, 0.3) is 10.0 Å². The molecule has 2 amide bonds. The second kappa shape index (κ2) is 13.8. The van der Waals surface area contributed by atoms with E-state index in [9.17, 15) is 18.0 Å². The Hall–Kier alpha value is -3.37. The SMILES string of the molecule is COc1ccc(C)cc1N(CC(=O)N(Cc1ccc(Br)cc1)[C@H](C)C(=O)NCC(C)C)S(=O)(=O)c1ccccc1. The molecule has 0 bridgehead atoms. The van der Waals surface area contributed by atoms with Crippen LogP contribution in [0.15, 0.2) is 82.2 Å². The van der Waals surface area contributed by atoms with Crippen LogP contribution in [0.2, 0.25) is 0 Å². The highest BCUT2D eigenvalue weighted by Crippen LogP contribution is 2.33. The molecule has 0 saturated heterocycles. The number of carbonyl (C=O) groups is 2. The molecule has 214 valence electrons. The fourth-order valence-corrected chi connectivity index (χ4v) is 5.75. The highest BCUT2D eigenvalue weighted by Gasteiger charge is 2.33. The topological polar surface area (TPSA) is 96.0 Å². The molecule has 0 aliphatic carbocycles. The van der Waals surface area contributed by atoms with Crippen molar-refractivity contribution < 1.29 is 22.7 Å². The van der Waals surface area contributed by atoms with Gasteiger partial charge in [0.1, 0.15) is 18.3 Å². The van der Waals surface area contributed by atoms with E-state index in [2.05, 4.69) is 21.2 Å². The Balaban J connectivity index is 2.06. The molecule has 40 heavy (non-hydrogen) atoms. The largest absolute Gasteiger partial charge is 0.495 e. The van der Waals surface area contributed by atoms with Crippen molar-refractivity contribution in [1.29, 1.82) is 0 Å². The third kappa shape index (κ3) is 7.85. The highest BCUT2D eigenvalue weighted by atomic mass is 79.9. The molecule has 3 aromatic rings. The zero-order chi connectivity index (χ0) is 29.4. The molecule has 0 heterocycles. The smallest absolute Gasteiger partial charge is 0.264 e. The number of anilines is 1. The molecule has 8 nitrogen and oxygen atoms in total. The molecule has 1 N–H and O–H groups in total. The summed E-state index contributed by atoms with van der Waals surface area (Å²) in [5.74, 6) is -0.310. The lowest BCUT2D eigenvalue weighted by Gasteiger charge is -2.32. The summed E-state index contributed by atoms with van der Waals surface area (Å²) < 4.78 is 35.4. The van der Waals surface area contributed by atoms with Crippen molar-refractivity contribution in [3.63, 3.8) is 0 Å². The fourth-order valence-electron chi connectivity index (χ4n) is 4.05. The summed E-state index contributed by atoms with van der Waals surface area (Å²) in [6, 6.07) is 19.6. The Bertz CT molecular complexity index is 1410. The van der Waals surface area contributed by atoms with Crippen LogP contribution in [-0.2, 0) is 26.2 Å². The van der Waals surface area contributed by atoms with Gasteiger partial charge in [0.15, 0.2) is 0 Å². The molecular formula is C30H36BrN3O5S. The number of ether oxygens (including phenoxy) is 1. The van der Waals surface area contributed by atoms with Crippen molar-refractivity contribution >= 4 is 43.5 Å². The Morgan fingerprint density at radius 1 is 0.975 bits per heavy atom. The molecule has 0 aromatic heterocycles. The first-order valence-corrected chi connectivity index (χ1v) is 15.2. The molecule has 0 aliphatic heterocycles. The maximum absolute atomic E-state index is 14.0. The van der Waals surface area contributed by atoms with E-state index in [1.165, 1.54) is 24.1 Å². The average molecular weight is 631 g/mol. The lowest BCUT2D eigenvalue weighted by Crippen LogP contribution is -2.51. The predicted molar refractivity (Wildman–Crippen MR) is 161 cm³/mol. The zero-order valence-corrected chi connectivity index (χ0v) is 25.8. The Morgan fingerprint density at radius 2 is 1.62 bits per heavy atom. The summed E-state index contributed by atoms with van der Waals surface area (Å²) in [5, 5.41) is 2.89. The summed E-state index contributed by atoms with van der Waals surface area (Å²) >= 11 is 3.42. The standard InChI is InChI=1S/C30H36BrN3O5S/c1-21(2)18-32-30(36)23(4)33(19-24-12-14-25(31)15-13-24)29(35)20-34(27-17-22(3)11-16-28(27)39-5)40(37,38)26-9-7-6-8-10-26/h6-17,21,23H,18-20H2,1-5H3,(H,32,36)/t23-/m1/s1. The summed E-state index contributed by atoms with van der Waals surface area (Å²) in [6.45, 7) is 7.49. The van der Waals surface area contributed by atoms with Crippen molar-refractivity contribution in [1.82, 2.24) is 10.2 Å². The van der Waals surface area contributed by atoms with Crippen molar-refractivity contribution in [2.45, 2.75) is 45.2 Å². The molecular weight excluding hydrogens is 594 g/mol. The van der Waals surface area contributed by atoms with Gasteiger partial charge in [-0.1, -0.05) is 66.2 Å². The monoisotopic (exact) mass is 629 g/mol. The molecule has 0 spiro atoms. The van der Waals surface area contributed by atoms with E-state index >= 15 is 0 Å². The lowest BCUT2D eigenvalue weighted by molar-refractivity contribution is -0.139. The molecule has 10 heteroatoms. The zero-order valence-electron chi connectivity index (χ0n) is 23.4. The number of hydrogen-bond acceptors (Lipinski definition) is 5. The number of carbonyl (C=O) groups excluding carboxylic acids is 2.